The van der Waals surface area contributed by atoms with Crippen molar-refractivity contribution >= 4 is 5.97 Å². The normalized spacial score (nSPS) is 11.7. The molecule has 6 heteroatoms. The summed E-state index contributed by atoms with van der Waals surface area (Å²) >= 11 is 0. The molecule has 110 valence electrons. The van der Waals surface area contributed by atoms with E-state index in [2.05, 4.69) is 9.97 Å². The van der Waals surface area contributed by atoms with Crippen LogP contribution in [0.4, 0.5) is 0 Å². The van der Waals surface area contributed by atoms with E-state index in [1.165, 1.54) is 13.4 Å². The van der Waals surface area contributed by atoms with E-state index in [0.29, 0.717) is 18.0 Å². The lowest BCUT2D eigenvalue weighted by atomic mass is 9.96. The summed E-state index contributed by atoms with van der Waals surface area (Å²) in [7, 11) is 3.06. The largest absolute Gasteiger partial charge is 0.497 e. The molecule has 6 nitrogen and oxygen atoms in total. The molecule has 0 saturated heterocycles. The number of carboxylic acid groups (broad SMARTS) is 1. The second-order valence-electron chi connectivity index (χ2n) is 4.43. The number of benzene rings is 1. The monoisotopic (exact) mass is 288 g/mol. The molecule has 1 atom stereocenters. The van der Waals surface area contributed by atoms with Gasteiger partial charge in [0.2, 0.25) is 5.88 Å². The maximum Gasteiger partial charge on any atom is 0.312 e. The van der Waals surface area contributed by atoms with Gasteiger partial charge < -0.3 is 14.6 Å². The number of aliphatic carboxylic acids is 1. The number of nitrogens with zero attached hydrogens (tertiary/aromatic N) is 2. The minimum atomic E-state index is -0.938. The van der Waals surface area contributed by atoms with Crippen molar-refractivity contribution < 1.29 is 19.4 Å². The molecular weight excluding hydrogens is 272 g/mol. The molecule has 1 aromatic carbocycles. The zero-order valence-electron chi connectivity index (χ0n) is 11.8. The molecule has 1 unspecified atom stereocenters. The van der Waals surface area contributed by atoms with Gasteiger partial charge in [-0.15, -0.1) is 0 Å². The van der Waals surface area contributed by atoms with Crippen LogP contribution in [0.25, 0.3) is 0 Å². The molecule has 2 aromatic rings. The molecule has 0 aliphatic heterocycles. The number of ether oxygens (including phenoxy) is 2. The van der Waals surface area contributed by atoms with Crippen molar-refractivity contribution in [2.24, 2.45) is 0 Å². The van der Waals surface area contributed by atoms with Crippen LogP contribution in [-0.2, 0) is 11.2 Å². The lowest BCUT2D eigenvalue weighted by Gasteiger charge is -2.12. The zero-order chi connectivity index (χ0) is 15.2. The average Bonchev–Trinajstić information content (AvgIpc) is 2.53. The summed E-state index contributed by atoms with van der Waals surface area (Å²) in [5, 5.41) is 9.43. The van der Waals surface area contributed by atoms with Gasteiger partial charge in [0.1, 0.15) is 18.0 Å². The van der Waals surface area contributed by atoms with Gasteiger partial charge in [-0.25, -0.2) is 9.97 Å². The second kappa shape index (κ2) is 6.69. The van der Waals surface area contributed by atoms with Crippen LogP contribution in [0, 0.1) is 0 Å². The Morgan fingerprint density at radius 1 is 1.19 bits per heavy atom. The van der Waals surface area contributed by atoms with Gasteiger partial charge in [0.05, 0.1) is 19.9 Å². The Balaban J connectivity index is 2.23. The molecule has 21 heavy (non-hydrogen) atoms. The fourth-order valence-corrected chi connectivity index (χ4v) is 1.97. The van der Waals surface area contributed by atoms with Crippen molar-refractivity contribution in [3.8, 4) is 11.6 Å². The fraction of sp³-hybridized carbons (Fsp3) is 0.267. The maximum atomic E-state index is 11.5. The third kappa shape index (κ3) is 3.68. The van der Waals surface area contributed by atoms with Crippen LogP contribution in [0.3, 0.4) is 0 Å². The van der Waals surface area contributed by atoms with E-state index < -0.39 is 11.9 Å². The molecule has 2 rings (SSSR count). The molecule has 0 spiro atoms. The Kier molecular flexibility index (Phi) is 4.71. The van der Waals surface area contributed by atoms with Crippen molar-refractivity contribution in [3.05, 3.63) is 47.9 Å². The first-order valence-corrected chi connectivity index (χ1v) is 6.35. The fourth-order valence-electron chi connectivity index (χ4n) is 1.97. The van der Waals surface area contributed by atoms with E-state index in [4.69, 9.17) is 9.47 Å². The van der Waals surface area contributed by atoms with Gasteiger partial charge in [-0.1, -0.05) is 12.1 Å². The van der Waals surface area contributed by atoms with Crippen molar-refractivity contribution in [1.82, 2.24) is 9.97 Å². The highest BCUT2D eigenvalue weighted by atomic mass is 16.5. The summed E-state index contributed by atoms with van der Waals surface area (Å²) in [6, 6.07) is 8.83. The highest BCUT2D eigenvalue weighted by Crippen LogP contribution is 2.23. The van der Waals surface area contributed by atoms with Gasteiger partial charge in [0, 0.05) is 6.07 Å². The number of carboxylic acids is 1. The Hall–Kier alpha value is -2.63. The van der Waals surface area contributed by atoms with Gasteiger partial charge in [0.25, 0.3) is 0 Å². The van der Waals surface area contributed by atoms with Gasteiger partial charge >= 0.3 is 5.97 Å². The summed E-state index contributed by atoms with van der Waals surface area (Å²) in [6.45, 7) is 0. The average molecular weight is 288 g/mol. The molecule has 0 saturated carbocycles. The van der Waals surface area contributed by atoms with Crippen molar-refractivity contribution in [3.63, 3.8) is 0 Å². The van der Waals surface area contributed by atoms with E-state index in [0.717, 1.165) is 11.3 Å². The quantitative estimate of drug-likeness (QED) is 0.874. The van der Waals surface area contributed by atoms with Crippen LogP contribution in [-0.4, -0.2) is 35.3 Å². The second-order valence-corrected chi connectivity index (χ2v) is 4.43. The molecule has 0 radical (unpaired) electrons. The summed E-state index contributed by atoms with van der Waals surface area (Å²) < 4.78 is 10.1. The van der Waals surface area contributed by atoms with Crippen LogP contribution >= 0.6 is 0 Å². The van der Waals surface area contributed by atoms with Crippen LogP contribution in [0.15, 0.2) is 36.7 Å². The molecule has 0 aliphatic rings. The van der Waals surface area contributed by atoms with Gasteiger partial charge in [0.15, 0.2) is 0 Å². The highest BCUT2D eigenvalue weighted by Gasteiger charge is 2.22. The Morgan fingerprint density at radius 2 is 1.90 bits per heavy atom. The van der Waals surface area contributed by atoms with Gasteiger partial charge in [-0.3, -0.25) is 4.79 Å². The number of methoxy groups -OCH3 is 2. The van der Waals surface area contributed by atoms with E-state index >= 15 is 0 Å². The van der Waals surface area contributed by atoms with Crippen LogP contribution in [0.2, 0.25) is 0 Å². The Morgan fingerprint density at radius 3 is 2.48 bits per heavy atom. The van der Waals surface area contributed by atoms with Crippen LogP contribution < -0.4 is 9.47 Å². The first-order valence-electron chi connectivity index (χ1n) is 6.35. The molecule has 0 aliphatic carbocycles. The highest BCUT2D eigenvalue weighted by molar-refractivity contribution is 5.76. The van der Waals surface area contributed by atoms with Crippen LogP contribution in [0.1, 0.15) is 17.2 Å². The third-order valence-corrected chi connectivity index (χ3v) is 3.13. The molecule has 0 fully saturated rings. The van der Waals surface area contributed by atoms with Crippen molar-refractivity contribution in [2.45, 2.75) is 12.3 Å². The third-order valence-electron chi connectivity index (χ3n) is 3.13. The van der Waals surface area contributed by atoms with E-state index in [1.807, 2.05) is 12.1 Å². The number of carbonyl (C=O) groups is 1. The lowest BCUT2D eigenvalue weighted by molar-refractivity contribution is -0.138. The van der Waals surface area contributed by atoms with E-state index in [-0.39, 0.29) is 0 Å². The first kappa shape index (κ1) is 14.8. The van der Waals surface area contributed by atoms with E-state index in [9.17, 15) is 9.90 Å². The number of hydrogen-bond donors (Lipinski definition) is 1. The number of hydrogen-bond acceptors (Lipinski definition) is 5. The SMILES string of the molecule is COc1ccc(CC(C(=O)O)c2cc(OC)ncn2)cc1. The standard InChI is InChI=1S/C15H16N2O4/c1-20-11-5-3-10(4-6-11)7-12(15(18)19)13-8-14(21-2)17-9-16-13/h3-6,8-9,12H,7H2,1-2H3,(H,18,19). The smallest absolute Gasteiger partial charge is 0.312 e. The Labute approximate surface area is 122 Å². The summed E-state index contributed by atoms with van der Waals surface area (Å²) in [5.41, 5.74) is 1.31. The predicted molar refractivity (Wildman–Crippen MR) is 75.7 cm³/mol. The summed E-state index contributed by atoms with van der Waals surface area (Å²) in [6.07, 6.45) is 1.64. The number of rotatable bonds is 6. The molecule has 0 bridgehead atoms. The molecule has 1 N–H and O–H groups in total. The predicted octanol–water partition coefficient (Wildman–Crippen LogP) is 1.90. The summed E-state index contributed by atoms with van der Waals surface area (Å²) in [5.74, 6) is -0.614. The zero-order valence-corrected chi connectivity index (χ0v) is 11.8. The first-order chi connectivity index (χ1) is 10.1. The summed E-state index contributed by atoms with van der Waals surface area (Å²) in [4.78, 5) is 19.4. The van der Waals surface area contributed by atoms with Crippen molar-refractivity contribution in [1.29, 1.82) is 0 Å². The van der Waals surface area contributed by atoms with Crippen LogP contribution in [0.5, 0.6) is 11.6 Å². The topological polar surface area (TPSA) is 81.5 Å². The minimum Gasteiger partial charge on any atom is -0.497 e. The van der Waals surface area contributed by atoms with Crippen molar-refractivity contribution in [2.75, 3.05) is 14.2 Å². The van der Waals surface area contributed by atoms with Gasteiger partial charge in [-0.2, -0.15) is 0 Å². The molecule has 0 amide bonds. The Bertz CT molecular complexity index is 613. The maximum absolute atomic E-state index is 11.5. The van der Waals surface area contributed by atoms with E-state index in [1.54, 1.807) is 25.3 Å². The number of aromatic nitrogens is 2. The minimum absolute atomic E-state index is 0.333. The molecule has 1 heterocycles. The molecule has 1 aromatic heterocycles. The van der Waals surface area contributed by atoms with Gasteiger partial charge in [-0.05, 0) is 24.1 Å². The molecular formula is C15H16N2O4. The lowest BCUT2D eigenvalue weighted by Crippen LogP contribution is -2.16.